The van der Waals surface area contributed by atoms with Crippen molar-refractivity contribution in [2.75, 3.05) is 6.54 Å². The maximum Gasteiger partial charge on any atom is 0.322 e. The highest BCUT2D eigenvalue weighted by Gasteiger charge is 2.37. The highest BCUT2D eigenvalue weighted by Crippen LogP contribution is 2.30. The molecule has 0 bridgehead atoms. The summed E-state index contributed by atoms with van der Waals surface area (Å²) in [6.07, 6.45) is 3.17. The molecule has 1 fully saturated rings. The molecule has 1 aliphatic rings. The first-order valence-electron chi connectivity index (χ1n) is 11.2. The van der Waals surface area contributed by atoms with Crippen LogP contribution in [-0.4, -0.2) is 41.5 Å². The summed E-state index contributed by atoms with van der Waals surface area (Å²) in [4.78, 5) is 40.2. The zero-order valence-corrected chi connectivity index (χ0v) is 18.8. The molecule has 8 heteroatoms. The molecule has 2 unspecified atom stereocenters. The van der Waals surface area contributed by atoms with E-state index < -0.39 is 12.1 Å². The Labute approximate surface area is 192 Å². The number of carbonyl (C=O) groups is 3. The molecule has 0 aliphatic carbocycles. The summed E-state index contributed by atoms with van der Waals surface area (Å²) in [5, 5.41) is 9.06. The average Bonchev–Trinajstić information content (AvgIpc) is 3.33. The van der Waals surface area contributed by atoms with Crippen LogP contribution in [0.25, 0.3) is 10.9 Å². The van der Waals surface area contributed by atoms with Crippen LogP contribution >= 0.6 is 0 Å². The Hall–Kier alpha value is -3.65. The van der Waals surface area contributed by atoms with E-state index in [0.717, 1.165) is 34.0 Å². The van der Waals surface area contributed by atoms with E-state index in [0.29, 0.717) is 18.5 Å². The molecule has 172 valence electrons. The highest BCUT2D eigenvalue weighted by molar-refractivity contribution is 6.04. The molecule has 33 heavy (non-hydrogen) atoms. The normalized spacial score (nSPS) is 16.7. The number of fused-ring (bicyclic) bond motifs is 1. The first-order chi connectivity index (χ1) is 15.9. The van der Waals surface area contributed by atoms with Gasteiger partial charge in [-0.3, -0.25) is 14.9 Å². The summed E-state index contributed by atoms with van der Waals surface area (Å²) in [5.41, 5.74) is 10.3. The molecule has 8 nitrogen and oxygen atoms in total. The molecule has 4 rings (SSSR count). The number of aromatic amines is 1. The van der Waals surface area contributed by atoms with E-state index in [9.17, 15) is 14.4 Å². The van der Waals surface area contributed by atoms with Gasteiger partial charge in [-0.15, -0.1) is 0 Å². The van der Waals surface area contributed by atoms with E-state index in [1.807, 2.05) is 50.4 Å². The SMILES string of the molecule is CC(C)NC(=O)c1cccc(CC(c2ccc3[nH]cc(CCN)c3c2)C2NC(=O)NC2=O)c1. The number of carbonyl (C=O) groups excluding carboxylic acids is 3. The highest BCUT2D eigenvalue weighted by atomic mass is 16.2. The summed E-state index contributed by atoms with van der Waals surface area (Å²) in [6.45, 7) is 4.36. The average molecular weight is 448 g/mol. The number of rotatable bonds is 8. The molecule has 1 aromatic heterocycles. The number of nitrogens with two attached hydrogens (primary N) is 1. The first kappa shape index (κ1) is 22.5. The maximum atomic E-state index is 12.6. The minimum absolute atomic E-state index is 0.0297. The van der Waals surface area contributed by atoms with Crippen LogP contribution in [0.2, 0.25) is 0 Å². The number of H-pyrrole nitrogens is 1. The number of benzene rings is 2. The maximum absolute atomic E-state index is 12.6. The fourth-order valence-corrected chi connectivity index (χ4v) is 4.37. The summed E-state index contributed by atoms with van der Waals surface area (Å²) < 4.78 is 0. The Kier molecular flexibility index (Phi) is 6.46. The second-order valence-corrected chi connectivity index (χ2v) is 8.74. The molecule has 2 heterocycles. The van der Waals surface area contributed by atoms with Crippen molar-refractivity contribution in [3.63, 3.8) is 0 Å². The van der Waals surface area contributed by atoms with Crippen LogP contribution in [0.3, 0.4) is 0 Å². The zero-order chi connectivity index (χ0) is 23.5. The largest absolute Gasteiger partial charge is 0.361 e. The van der Waals surface area contributed by atoms with Gasteiger partial charge < -0.3 is 21.4 Å². The van der Waals surface area contributed by atoms with Crippen molar-refractivity contribution in [1.29, 1.82) is 0 Å². The molecule has 2 atom stereocenters. The topological polar surface area (TPSA) is 129 Å². The Bertz CT molecular complexity index is 1200. The molecule has 1 saturated heterocycles. The zero-order valence-electron chi connectivity index (χ0n) is 18.8. The van der Waals surface area contributed by atoms with Gasteiger partial charge in [0.15, 0.2) is 0 Å². The summed E-state index contributed by atoms with van der Waals surface area (Å²) in [5.74, 6) is -0.810. The molecule has 4 amide bonds. The fourth-order valence-electron chi connectivity index (χ4n) is 4.37. The van der Waals surface area contributed by atoms with Crippen LogP contribution in [0.1, 0.15) is 46.8 Å². The Morgan fingerprint density at radius 2 is 1.97 bits per heavy atom. The van der Waals surface area contributed by atoms with Gasteiger partial charge in [0.05, 0.1) is 0 Å². The van der Waals surface area contributed by atoms with Crippen molar-refractivity contribution in [3.8, 4) is 0 Å². The van der Waals surface area contributed by atoms with Gasteiger partial charge in [-0.05, 0) is 74.2 Å². The lowest BCUT2D eigenvalue weighted by atomic mass is 9.84. The Morgan fingerprint density at radius 1 is 1.15 bits per heavy atom. The van der Waals surface area contributed by atoms with Gasteiger partial charge in [-0.25, -0.2) is 4.79 Å². The predicted octanol–water partition coefficient (Wildman–Crippen LogP) is 2.34. The van der Waals surface area contributed by atoms with E-state index in [4.69, 9.17) is 5.73 Å². The number of urea groups is 1. The molecule has 0 radical (unpaired) electrons. The van der Waals surface area contributed by atoms with Crippen LogP contribution in [-0.2, 0) is 17.6 Å². The molecular weight excluding hydrogens is 418 g/mol. The third-order valence-electron chi connectivity index (χ3n) is 5.91. The third kappa shape index (κ3) is 4.90. The number of imide groups is 1. The van der Waals surface area contributed by atoms with Gasteiger partial charge in [-0.2, -0.15) is 0 Å². The monoisotopic (exact) mass is 447 g/mol. The van der Waals surface area contributed by atoms with Crippen molar-refractivity contribution >= 4 is 28.7 Å². The molecule has 1 aliphatic heterocycles. The molecule has 0 saturated carbocycles. The van der Waals surface area contributed by atoms with Crippen LogP contribution in [0.4, 0.5) is 4.79 Å². The standard InChI is InChI=1S/C25H29N5O3/c1-14(2)28-23(31)17-5-3-4-15(10-17)11-20(22-24(32)30-25(33)29-22)16-6-7-21-19(12-16)18(8-9-26)13-27-21/h3-7,10,12-14,20,22,27H,8-9,11,26H2,1-2H3,(H,28,31)(H2,29,30,32,33). The van der Waals surface area contributed by atoms with Gasteiger partial charge in [0.25, 0.3) is 11.8 Å². The van der Waals surface area contributed by atoms with Crippen LogP contribution in [0.15, 0.2) is 48.7 Å². The van der Waals surface area contributed by atoms with Gasteiger partial charge in [0, 0.05) is 34.6 Å². The van der Waals surface area contributed by atoms with E-state index in [1.54, 1.807) is 6.07 Å². The van der Waals surface area contributed by atoms with Crippen LogP contribution in [0, 0.1) is 0 Å². The van der Waals surface area contributed by atoms with E-state index in [-0.39, 0.29) is 23.8 Å². The quantitative estimate of drug-likeness (QED) is 0.339. The van der Waals surface area contributed by atoms with Gasteiger partial charge in [0.2, 0.25) is 0 Å². The van der Waals surface area contributed by atoms with Crippen molar-refractivity contribution in [3.05, 3.63) is 70.9 Å². The molecule has 2 aromatic carbocycles. The number of hydrogen-bond donors (Lipinski definition) is 5. The summed E-state index contributed by atoms with van der Waals surface area (Å²) >= 11 is 0. The lowest BCUT2D eigenvalue weighted by Gasteiger charge is -2.23. The third-order valence-corrected chi connectivity index (χ3v) is 5.91. The number of nitrogens with one attached hydrogen (secondary N) is 4. The fraction of sp³-hybridized carbons (Fsp3) is 0.320. The Balaban J connectivity index is 1.70. The van der Waals surface area contributed by atoms with Crippen molar-refractivity contribution < 1.29 is 14.4 Å². The number of amides is 4. The van der Waals surface area contributed by atoms with Crippen LogP contribution in [0.5, 0.6) is 0 Å². The van der Waals surface area contributed by atoms with E-state index in [1.165, 1.54) is 0 Å². The number of hydrogen-bond acceptors (Lipinski definition) is 4. The lowest BCUT2D eigenvalue weighted by Crippen LogP contribution is -2.36. The minimum Gasteiger partial charge on any atom is -0.361 e. The van der Waals surface area contributed by atoms with Gasteiger partial charge in [0.1, 0.15) is 6.04 Å². The second kappa shape index (κ2) is 9.46. The molecule has 6 N–H and O–H groups in total. The Morgan fingerprint density at radius 3 is 2.67 bits per heavy atom. The summed E-state index contributed by atoms with van der Waals surface area (Å²) in [6, 6.07) is 12.2. The van der Waals surface area contributed by atoms with Crippen molar-refractivity contribution in [2.24, 2.45) is 5.73 Å². The molecule has 0 spiro atoms. The van der Waals surface area contributed by atoms with Crippen molar-refractivity contribution in [2.45, 2.75) is 44.7 Å². The minimum atomic E-state index is -0.708. The molecular formula is C25H29N5O3. The number of aromatic nitrogens is 1. The summed E-state index contributed by atoms with van der Waals surface area (Å²) in [7, 11) is 0. The lowest BCUT2D eigenvalue weighted by molar-refractivity contribution is -0.120. The smallest absolute Gasteiger partial charge is 0.322 e. The van der Waals surface area contributed by atoms with Crippen LogP contribution < -0.4 is 21.7 Å². The van der Waals surface area contributed by atoms with E-state index in [2.05, 4.69) is 27.0 Å². The van der Waals surface area contributed by atoms with E-state index >= 15 is 0 Å². The van der Waals surface area contributed by atoms with Gasteiger partial charge >= 0.3 is 6.03 Å². The molecule has 3 aromatic rings. The predicted molar refractivity (Wildman–Crippen MR) is 127 cm³/mol. The first-order valence-corrected chi connectivity index (χ1v) is 11.2. The second-order valence-electron chi connectivity index (χ2n) is 8.74. The van der Waals surface area contributed by atoms with Gasteiger partial charge in [-0.1, -0.05) is 18.2 Å². The van der Waals surface area contributed by atoms with Crippen molar-refractivity contribution in [1.82, 2.24) is 20.9 Å².